The summed E-state index contributed by atoms with van der Waals surface area (Å²) in [6.07, 6.45) is 9.52. The van der Waals surface area contributed by atoms with Crippen LogP contribution in [0.3, 0.4) is 0 Å². The lowest BCUT2D eigenvalue weighted by molar-refractivity contribution is 0.0271. The number of hydrogen-bond donors (Lipinski definition) is 3. The second-order valence-corrected chi connectivity index (χ2v) is 15.5. The zero-order valence-corrected chi connectivity index (χ0v) is 30.9. The molecule has 2 saturated heterocycles. The number of benzene rings is 1. The summed E-state index contributed by atoms with van der Waals surface area (Å²) in [7, 11) is 0. The third kappa shape index (κ3) is 7.33. The average molecular weight is 748 g/mol. The molecule has 0 bridgehead atoms. The smallest absolute Gasteiger partial charge is 0.410 e. The number of fused-ring (bicyclic) bond motifs is 1. The van der Waals surface area contributed by atoms with E-state index in [2.05, 4.69) is 32.2 Å². The molecule has 53 heavy (non-hydrogen) atoms. The molecule has 1 aromatic carbocycles. The minimum absolute atomic E-state index is 0.108. The molecule has 1 aliphatic carbocycles. The standard InChI is InChI=1S/C37H46FN9O5S/c1-3-4-17-51-36(50)46-16-6-12-37(46)13-10-25(11-14-37)52-35-31(53-22(2)43-35)34(49)44-24-7-5-15-45(20-24)29-19-28(47-30(29)32(39)41-21-42-47)23-8-9-26(33(40)48)27(38)18-23/h8-9,18-19,21,24-25H,3-7,10-17,20H2,1-2H3,(H2,40,48)(H,44,49)(H2,39,41,42)/t24-,25?,37?/m1/s1. The summed E-state index contributed by atoms with van der Waals surface area (Å²) in [5.74, 6) is -1.22. The van der Waals surface area contributed by atoms with E-state index < -0.39 is 11.7 Å². The van der Waals surface area contributed by atoms with Crippen molar-refractivity contribution in [3.05, 3.63) is 51.9 Å². The van der Waals surface area contributed by atoms with Gasteiger partial charge in [0.15, 0.2) is 10.7 Å². The number of nitrogens with one attached hydrogen (secondary N) is 1. The normalized spacial score (nSPS) is 21.6. The van der Waals surface area contributed by atoms with Crippen LogP contribution in [-0.4, -0.2) is 86.3 Å². The predicted molar refractivity (Wildman–Crippen MR) is 199 cm³/mol. The maximum absolute atomic E-state index is 14.8. The highest BCUT2D eigenvalue weighted by atomic mass is 32.1. The predicted octanol–water partition coefficient (Wildman–Crippen LogP) is 5.47. The number of nitrogens with zero attached hydrogens (tertiary/aromatic N) is 6. The van der Waals surface area contributed by atoms with E-state index in [-0.39, 0.29) is 41.1 Å². The molecule has 1 atom stereocenters. The molecule has 1 saturated carbocycles. The van der Waals surface area contributed by atoms with Crippen molar-refractivity contribution < 1.29 is 28.2 Å². The van der Waals surface area contributed by atoms with Gasteiger partial charge in [-0.15, -0.1) is 11.3 Å². The van der Waals surface area contributed by atoms with Gasteiger partial charge in [0.2, 0.25) is 5.88 Å². The fraction of sp³-hybridized carbons (Fsp3) is 0.514. The Morgan fingerprint density at radius 3 is 2.68 bits per heavy atom. The number of amides is 3. The Balaban J connectivity index is 1.02. The second kappa shape index (κ2) is 15.2. The molecule has 3 amide bonds. The number of thiazole rings is 1. The molecule has 3 aliphatic rings. The van der Waals surface area contributed by atoms with Crippen LogP contribution in [0.4, 0.5) is 20.7 Å². The van der Waals surface area contributed by atoms with Crippen LogP contribution in [-0.2, 0) is 4.74 Å². The van der Waals surface area contributed by atoms with Gasteiger partial charge >= 0.3 is 6.09 Å². The monoisotopic (exact) mass is 747 g/mol. The molecule has 2 aliphatic heterocycles. The van der Waals surface area contributed by atoms with E-state index in [1.165, 1.54) is 29.8 Å². The van der Waals surface area contributed by atoms with Crippen molar-refractivity contribution in [2.45, 2.75) is 95.7 Å². The van der Waals surface area contributed by atoms with Crippen molar-refractivity contribution in [3.8, 4) is 17.1 Å². The zero-order valence-electron chi connectivity index (χ0n) is 30.1. The van der Waals surface area contributed by atoms with Crippen molar-refractivity contribution in [1.29, 1.82) is 0 Å². The van der Waals surface area contributed by atoms with E-state index >= 15 is 0 Å². The minimum Gasteiger partial charge on any atom is -0.473 e. The number of nitrogen functional groups attached to an aromatic ring is 1. The Morgan fingerprint density at radius 1 is 1.11 bits per heavy atom. The number of carbonyl (C=O) groups excluding carboxylic acids is 3. The van der Waals surface area contributed by atoms with E-state index in [9.17, 15) is 18.8 Å². The van der Waals surface area contributed by atoms with E-state index in [0.717, 1.165) is 81.4 Å². The first kappa shape index (κ1) is 36.4. The number of aryl methyl sites for hydroxylation is 1. The summed E-state index contributed by atoms with van der Waals surface area (Å²) in [6, 6.07) is 5.90. The van der Waals surface area contributed by atoms with Crippen molar-refractivity contribution in [2.24, 2.45) is 5.73 Å². The van der Waals surface area contributed by atoms with Gasteiger partial charge in [-0.05, 0) is 82.9 Å². The number of primary amides is 1. The average Bonchev–Trinajstić information content (AvgIpc) is 3.85. The van der Waals surface area contributed by atoms with Crippen molar-refractivity contribution in [2.75, 3.05) is 36.9 Å². The van der Waals surface area contributed by atoms with Gasteiger partial charge in [-0.2, -0.15) is 5.10 Å². The van der Waals surface area contributed by atoms with Gasteiger partial charge in [-0.25, -0.2) is 23.7 Å². The lowest BCUT2D eigenvalue weighted by atomic mass is 9.78. The van der Waals surface area contributed by atoms with E-state index in [4.69, 9.17) is 20.9 Å². The van der Waals surface area contributed by atoms with Crippen molar-refractivity contribution in [1.82, 2.24) is 29.8 Å². The number of unbranched alkanes of at least 4 members (excludes halogenated alkanes) is 1. The molecule has 4 aromatic rings. The van der Waals surface area contributed by atoms with Gasteiger partial charge in [0, 0.05) is 36.8 Å². The van der Waals surface area contributed by atoms with Gasteiger partial charge in [0.1, 0.15) is 23.8 Å². The fourth-order valence-electron chi connectivity index (χ4n) is 8.09. The first-order chi connectivity index (χ1) is 25.6. The number of anilines is 2. The third-order valence-electron chi connectivity index (χ3n) is 10.8. The van der Waals surface area contributed by atoms with E-state index in [1.807, 2.05) is 17.9 Å². The van der Waals surface area contributed by atoms with Crippen molar-refractivity contribution >= 4 is 46.3 Å². The summed E-state index contributed by atoms with van der Waals surface area (Å²) in [5.41, 5.74) is 13.7. The molecule has 3 aromatic heterocycles. The number of likely N-dealkylation sites (tertiary alicyclic amines) is 1. The summed E-state index contributed by atoms with van der Waals surface area (Å²) in [4.78, 5) is 51.7. The molecular weight excluding hydrogens is 702 g/mol. The second-order valence-electron chi connectivity index (χ2n) is 14.3. The van der Waals surface area contributed by atoms with Gasteiger partial charge in [-0.3, -0.25) is 9.59 Å². The van der Waals surface area contributed by atoms with E-state index in [1.54, 1.807) is 10.6 Å². The largest absolute Gasteiger partial charge is 0.473 e. The molecule has 0 radical (unpaired) electrons. The van der Waals surface area contributed by atoms with Crippen LogP contribution >= 0.6 is 11.3 Å². The van der Waals surface area contributed by atoms with Crippen LogP contribution < -0.4 is 26.4 Å². The first-order valence-electron chi connectivity index (χ1n) is 18.4. The number of halogens is 1. The number of piperidine rings is 1. The van der Waals surface area contributed by atoms with Crippen LogP contribution in [0.1, 0.15) is 96.2 Å². The number of hydrogen-bond acceptors (Lipinski definition) is 11. The molecule has 0 unspecified atom stereocenters. The molecular formula is C37H46FN9O5S. The summed E-state index contributed by atoms with van der Waals surface area (Å²) in [5, 5.41) is 8.36. The molecule has 5 heterocycles. The number of nitrogens with two attached hydrogens (primary N) is 2. The first-order valence-corrected chi connectivity index (χ1v) is 19.2. The summed E-state index contributed by atoms with van der Waals surface area (Å²) < 4.78 is 28.4. The Labute approximate surface area is 311 Å². The minimum atomic E-state index is -0.851. The van der Waals surface area contributed by atoms with Crippen LogP contribution in [0, 0.1) is 12.7 Å². The number of ether oxygens (including phenoxy) is 2. The summed E-state index contributed by atoms with van der Waals surface area (Å²) >= 11 is 1.31. The van der Waals surface area contributed by atoms with Crippen molar-refractivity contribution in [3.63, 3.8) is 0 Å². The fourth-order valence-corrected chi connectivity index (χ4v) is 8.85. The van der Waals surface area contributed by atoms with Crippen LogP contribution in [0.5, 0.6) is 5.88 Å². The Bertz CT molecular complexity index is 2010. The quantitative estimate of drug-likeness (QED) is 0.176. The zero-order chi connectivity index (χ0) is 37.3. The SMILES string of the molecule is CCCCOC(=O)N1CCCC12CCC(Oc1nc(C)sc1C(=O)N[C@@H]1CCCN(c3cc(-c4ccc(C(N)=O)c(F)c4)n4ncnc(N)c34)C1)CC2. The lowest BCUT2D eigenvalue weighted by Crippen LogP contribution is -2.51. The highest BCUT2D eigenvalue weighted by Crippen LogP contribution is 2.43. The molecule has 5 N–H and O–H groups in total. The highest BCUT2D eigenvalue weighted by molar-refractivity contribution is 7.13. The molecule has 3 fully saturated rings. The van der Waals surface area contributed by atoms with Gasteiger partial charge in [0.05, 0.1) is 28.6 Å². The van der Waals surface area contributed by atoms with Crippen LogP contribution in [0.15, 0.2) is 30.6 Å². The topological polar surface area (TPSA) is 183 Å². The summed E-state index contributed by atoms with van der Waals surface area (Å²) in [6.45, 7) is 6.30. The number of carbonyl (C=O) groups is 3. The number of aromatic nitrogens is 4. The molecule has 14 nitrogen and oxygen atoms in total. The molecule has 16 heteroatoms. The Morgan fingerprint density at radius 2 is 1.92 bits per heavy atom. The number of rotatable bonds is 10. The Hall–Kier alpha value is -4.99. The maximum Gasteiger partial charge on any atom is 0.410 e. The highest BCUT2D eigenvalue weighted by Gasteiger charge is 2.47. The lowest BCUT2D eigenvalue weighted by Gasteiger charge is -2.42. The Kier molecular flexibility index (Phi) is 10.4. The van der Waals surface area contributed by atoms with E-state index in [0.29, 0.717) is 47.2 Å². The molecule has 282 valence electrons. The molecule has 1 spiro atoms. The van der Waals surface area contributed by atoms with Gasteiger partial charge in [0.25, 0.3) is 11.8 Å². The molecule has 7 rings (SSSR count). The maximum atomic E-state index is 14.8. The van der Waals surface area contributed by atoms with Gasteiger partial charge in [-0.1, -0.05) is 19.4 Å². The van der Waals surface area contributed by atoms with Crippen LogP contribution in [0.25, 0.3) is 16.8 Å². The third-order valence-corrected chi connectivity index (χ3v) is 11.7. The van der Waals surface area contributed by atoms with Gasteiger partial charge < -0.3 is 36.1 Å². The van der Waals surface area contributed by atoms with Crippen LogP contribution in [0.2, 0.25) is 0 Å².